The molecule has 0 saturated carbocycles. The van der Waals surface area contributed by atoms with Gasteiger partial charge in [-0.3, -0.25) is 0 Å². The molecule has 1 atom stereocenters. The maximum atomic E-state index is 12.7. The highest BCUT2D eigenvalue weighted by Crippen LogP contribution is 2.28. The number of carbonyl (C=O) groups is 1. The van der Waals surface area contributed by atoms with Gasteiger partial charge in [-0.2, -0.15) is 0 Å². The van der Waals surface area contributed by atoms with Gasteiger partial charge < -0.3 is 31.3 Å². The number of hydrogen-bond acceptors (Lipinski definition) is 5. The van der Waals surface area contributed by atoms with Crippen LogP contribution in [-0.2, 0) is 13.0 Å². The van der Waals surface area contributed by atoms with Crippen LogP contribution in [0, 0.1) is 0 Å². The summed E-state index contributed by atoms with van der Waals surface area (Å²) in [6.45, 7) is 0.667. The second-order valence-electron chi connectivity index (χ2n) is 8.71. The fourth-order valence-corrected chi connectivity index (χ4v) is 4.08. The minimum atomic E-state index is -0.763. The summed E-state index contributed by atoms with van der Waals surface area (Å²) < 4.78 is 0. The van der Waals surface area contributed by atoms with Crippen molar-refractivity contribution in [1.29, 1.82) is 0 Å². The van der Waals surface area contributed by atoms with Crippen LogP contribution in [0.3, 0.4) is 0 Å². The van der Waals surface area contributed by atoms with Crippen LogP contribution >= 0.6 is 0 Å². The molecular formula is C30H31N3O4. The number of urea groups is 1. The molecule has 0 unspecified atom stereocenters. The molecule has 0 fully saturated rings. The van der Waals surface area contributed by atoms with E-state index in [9.17, 15) is 20.1 Å². The maximum Gasteiger partial charge on any atom is 0.323 e. The molecule has 0 radical (unpaired) electrons. The van der Waals surface area contributed by atoms with Gasteiger partial charge in [0, 0.05) is 23.4 Å². The molecule has 4 aromatic rings. The topological polar surface area (TPSA) is 114 Å². The van der Waals surface area contributed by atoms with Gasteiger partial charge in [0.2, 0.25) is 0 Å². The highest BCUT2D eigenvalue weighted by Gasteiger charge is 2.11. The highest BCUT2D eigenvalue weighted by molar-refractivity contribution is 6.02. The maximum absolute atomic E-state index is 12.7. The van der Waals surface area contributed by atoms with Crippen molar-refractivity contribution < 1.29 is 20.1 Å². The molecule has 4 rings (SSSR count). The normalized spacial score (nSPS) is 11.6. The average molecular weight is 498 g/mol. The van der Waals surface area contributed by atoms with Crippen molar-refractivity contribution >= 4 is 17.4 Å². The molecular weight excluding hydrogens is 466 g/mol. The number of anilines is 2. The Morgan fingerprint density at radius 3 is 2.43 bits per heavy atom. The zero-order valence-corrected chi connectivity index (χ0v) is 20.4. The molecule has 0 aromatic heterocycles. The number of nitrogens with one attached hydrogen (secondary N) is 3. The minimum Gasteiger partial charge on any atom is -0.508 e. The van der Waals surface area contributed by atoms with Crippen molar-refractivity contribution in [1.82, 2.24) is 5.32 Å². The van der Waals surface area contributed by atoms with Crippen molar-refractivity contribution in [2.45, 2.75) is 19.1 Å². The van der Waals surface area contributed by atoms with Crippen LogP contribution in [0.4, 0.5) is 16.2 Å². The monoisotopic (exact) mass is 497 g/mol. The third-order valence-corrected chi connectivity index (χ3v) is 6.03. The number of amides is 2. The molecule has 37 heavy (non-hydrogen) atoms. The van der Waals surface area contributed by atoms with E-state index in [4.69, 9.17) is 0 Å². The van der Waals surface area contributed by atoms with Crippen molar-refractivity contribution in [3.63, 3.8) is 0 Å². The Balaban J connectivity index is 1.28. The van der Waals surface area contributed by atoms with E-state index in [2.05, 4.69) is 16.0 Å². The molecule has 0 aliphatic heterocycles. The van der Waals surface area contributed by atoms with Crippen molar-refractivity contribution in [3.8, 4) is 16.9 Å². The van der Waals surface area contributed by atoms with E-state index >= 15 is 0 Å². The SMILES string of the molecule is O=C(Nc1cccc(CCNC[C@H](O)c2ccc(O)c(CO)c2)c1)Nc1ccccc1-c1ccccc1. The third kappa shape index (κ3) is 7.17. The smallest absolute Gasteiger partial charge is 0.323 e. The Morgan fingerprint density at radius 2 is 1.62 bits per heavy atom. The Bertz CT molecular complexity index is 1330. The summed E-state index contributed by atoms with van der Waals surface area (Å²) in [5, 5.41) is 38.4. The minimum absolute atomic E-state index is 0.00832. The van der Waals surface area contributed by atoms with Crippen LogP contribution in [0.15, 0.2) is 97.1 Å². The van der Waals surface area contributed by atoms with Gasteiger partial charge in [0.1, 0.15) is 5.75 Å². The van der Waals surface area contributed by atoms with Crippen LogP contribution in [0.25, 0.3) is 11.1 Å². The first-order chi connectivity index (χ1) is 18.0. The van der Waals surface area contributed by atoms with E-state index in [-0.39, 0.29) is 18.4 Å². The van der Waals surface area contributed by atoms with Gasteiger partial charge in [-0.25, -0.2) is 4.79 Å². The number of carbonyl (C=O) groups excluding carboxylic acids is 1. The van der Waals surface area contributed by atoms with E-state index in [1.807, 2.05) is 78.9 Å². The van der Waals surface area contributed by atoms with Crippen LogP contribution < -0.4 is 16.0 Å². The lowest BCUT2D eigenvalue weighted by atomic mass is 10.0. The van der Waals surface area contributed by atoms with Crippen molar-refractivity contribution in [2.75, 3.05) is 23.7 Å². The summed E-state index contributed by atoms with van der Waals surface area (Å²) in [5.74, 6) is 0.00832. The van der Waals surface area contributed by atoms with Gasteiger partial charge in [-0.1, -0.05) is 66.7 Å². The Labute approximate surface area is 216 Å². The molecule has 4 aromatic carbocycles. The molecule has 7 nitrogen and oxygen atoms in total. The summed E-state index contributed by atoms with van der Waals surface area (Å²) in [7, 11) is 0. The van der Waals surface area contributed by atoms with E-state index in [0.29, 0.717) is 36.3 Å². The number of para-hydroxylation sites is 1. The van der Waals surface area contributed by atoms with Crippen LogP contribution in [-0.4, -0.2) is 34.4 Å². The van der Waals surface area contributed by atoms with E-state index in [1.165, 1.54) is 6.07 Å². The second kappa shape index (κ2) is 12.7. The van der Waals surface area contributed by atoms with Crippen LogP contribution in [0.5, 0.6) is 5.75 Å². The predicted molar refractivity (Wildman–Crippen MR) is 147 cm³/mol. The molecule has 0 aliphatic carbocycles. The second-order valence-corrected chi connectivity index (χ2v) is 8.71. The summed E-state index contributed by atoms with van der Waals surface area (Å²) in [5.41, 5.74) is 5.43. The fraction of sp³-hybridized carbons (Fsp3) is 0.167. The van der Waals surface area contributed by atoms with Gasteiger partial charge in [-0.15, -0.1) is 0 Å². The molecule has 0 bridgehead atoms. The number of rotatable bonds is 10. The summed E-state index contributed by atoms with van der Waals surface area (Å²) in [6.07, 6.45) is -0.0561. The number of hydrogen-bond donors (Lipinski definition) is 6. The lowest BCUT2D eigenvalue weighted by molar-refractivity contribution is 0.174. The van der Waals surface area contributed by atoms with Gasteiger partial charge >= 0.3 is 6.03 Å². The molecule has 2 amide bonds. The van der Waals surface area contributed by atoms with E-state index < -0.39 is 6.10 Å². The highest BCUT2D eigenvalue weighted by atomic mass is 16.3. The Morgan fingerprint density at radius 1 is 0.838 bits per heavy atom. The summed E-state index contributed by atoms with van der Waals surface area (Å²) >= 11 is 0. The third-order valence-electron chi connectivity index (χ3n) is 6.03. The molecule has 6 N–H and O–H groups in total. The van der Waals surface area contributed by atoms with Gasteiger partial charge in [0.25, 0.3) is 0 Å². The lowest BCUT2D eigenvalue weighted by Crippen LogP contribution is -2.24. The summed E-state index contributed by atoms with van der Waals surface area (Å²) in [4.78, 5) is 12.7. The van der Waals surface area contributed by atoms with Crippen LogP contribution in [0.1, 0.15) is 22.8 Å². The zero-order chi connectivity index (χ0) is 26.0. The first kappa shape index (κ1) is 25.9. The molecule has 190 valence electrons. The number of benzene rings is 4. The zero-order valence-electron chi connectivity index (χ0n) is 20.4. The standard InChI is InChI=1S/C30H31N3O4/c34-20-24-18-23(13-14-28(24)35)29(36)19-31-16-15-21-7-6-10-25(17-21)32-30(37)33-27-12-5-4-11-26(27)22-8-2-1-3-9-22/h1-14,17-18,29,31,34-36H,15-16,19-20H2,(H2,32,33,37)/t29-/m0/s1. The lowest BCUT2D eigenvalue weighted by Gasteiger charge is -2.14. The van der Waals surface area contributed by atoms with Crippen LogP contribution in [0.2, 0.25) is 0 Å². The van der Waals surface area contributed by atoms with Crippen molar-refractivity contribution in [3.05, 3.63) is 114 Å². The molecule has 0 aliphatic rings. The predicted octanol–water partition coefficient (Wildman–Crippen LogP) is 5.06. The quantitative estimate of drug-likeness (QED) is 0.171. The number of aliphatic hydroxyl groups excluding tert-OH is 2. The van der Waals surface area contributed by atoms with Gasteiger partial charge in [0.05, 0.1) is 18.4 Å². The fourth-order valence-electron chi connectivity index (χ4n) is 4.08. The first-order valence-electron chi connectivity index (χ1n) is 12.2. The number of aromatic hydroxyl groups is 1. The number of phenols is 1. The average Bonchev–Trinajstić information content (AvgIpc) is 2.92. The molecule has 7 heteroatoms. The first-order valence-corrected chi connectivity index (χ1v) is 12.2. The van der Waals surface area contributed by atoms with E-state index in [0.717, 1.165) is 22.4 Å². The van der Waals surface area contributed by atoms with E-state index in [1.54, 1.807) is 12.1 Å². The molecule has 0 heterocycles. The summed E-state index contributed by atoms with van der Waals surface area (Å²) in [6, 6.07) is 29.6. The Kier molecular flexibility index (Phi) is 8.89. The molecule has 0 saturated heterocycles. The largest absolute Gasteiger partial charge is 0.508 e. The number of aliphatic hydroxyl groups is 2. The van der Waals surface area contributed by atoms with Crippen molar-refractivity contribution in [2.24, 2.45) is 0 Å². The van der Waals surface area contributed by atoms with Gasteiger partial charge in [0.15, 0.2) is 0 Å². The Hall–Kier alpha value is -4.17. The molecule has 0 spiro atoms. The van der Waals surface area contributed by atoms with Gasteiger partial charge in [-0.05, 0) is 60.0 Å².